The molecule has 0 unspecified atom stereocenters. The van der Waals surface area contributed by atoms with Gasteiger partial charge in [0.05, 0.1) is 0 Å². The van der Waals surface area contributed by atoms with Crippen LogP contribution in [0.25, 0.3) is 0 Å². The number of amides is 1. The van der Waals surface area contributed by atoms with E-state index in [0.29, 0.717) is 5.56 Å². The van der Waals surface area contributed by atoms with Crippen molar-refractivity contribution in [3.8, 4) is 0 Å². The van der Waals surface area contributed by atoms with Crippen molar-refractivity contribution in [2.24, 2.45) is 0 Å². The summed E-state index contributed by atoms with van der Waals surface area (Å²) in [5, 5.41) is 9.38. The van der Waals surface area contributed by atoms with Gasteiger partial charge in [-0.15, -0.1) is 0 Å². The van der Waals surface area contributed by atoms with Gasteiger partial charge >= 0.3 is 7.59 Å². The molecule has 1 aromatic rings. The highest BCUT2D eigenvalue weighted by Crippen LogP contribution is 2.37. The van der Waals surface area contributed by atoms with Gasteiger partial charge in [-0.05, 0) is 37.8 Å². The Bertz CT molecular complexity index is 572. The molecule has 0 spiro atoms. The standard InChI is InChI=1S/C19H30N3O2P/c23-19(16-10-4-1-5-11-16)22-25(24,20-17-12-6-2-7-13-17)21-18-14-8-3-9-15-18/h1,4-5,10-11,17-18H,2-3,6-9,12-15H2,(H3,20,21,22,23,24). The molecule has 0 saturated heterocycles. The smallest absolute Gasteiger partial charge is 0.279 e. The van der Waals surface area contributed by atoms with Crippen molar-refractivity contribution in [1.82, 2.24) is 15.3 Å². The molecular weight excluding hydrogens is 333 g/mol. The summed E-state index contributed by atoms with van der Waals surface area (Å²) in [6, 6.07) is 9.45. The second-order valence-corrected chi connectivity index (χ2v) is 9.30. The van der Waals surface area contributed by atoms with Crippen LogP contribution in [0.4, 0.5) is 0 Å². The lowest BCUT2D eigenvalue weighted by molar-refractivity contribution is 0.0979. The first-order valence-corrected chi connectivity index (χ1v) is 11.4. The van der Waals surface area contributed by atoms with Crippen molar-refractivity contribution in [3.63, 3.8) is 0 Å². The topological polar surface area (TPSA) is 70.2 Å². The zero-order valence-corrected chi connectivity index (χ0v) is 15.8. The van der Waals surface area contributed by atoms with Crippen LogP contribution in [0.3, 0.4) is 0 Å². The first-order valence-electron chi connectivity index (χ1n) is 9.68. The molecule has 0 aromatic heterocycles. The van der Waals surface area contributed by atoms with E-state index in [-0.39, 0.29) is 18.0 Å². The summed E-state index contributed by atoms with van der Waals surface area (Å²) < 4.78 is 13.6. The van der Waals surface area contributed by atoms with Crippen LogP contribution in [0.1, 0.15) is 74.6 Å². The molecule has 138 valence electrons. The Hall–Kier alpha value is -1.16. The molecular formula is C19H30N3O2P. The molecule has 1 amide bonds. The van der Waals surface area contributed by atoms with Crippen LogP contribution < -0.4 is 15.3 Å². The molecule has 5 nitrogen and oxygen atoms in total. The third kappa shape index (κ3) is 5.67. The molecule has 0 atom stereocenters. The van der Waals surface area contributed by atoms with E-state index in [2.05, 4.69) is 15.3 Å². The summed E-state index contributed by atoms with van der Waals surface area (Å²) in [7, 11) is -3.18. The van der Waals surface area contributed by atoms with Crippen LogP contribution in [-0.2, 0) is 4.57 Å². The maximum atomic E-state index is 13.6. The largest absolute Gasteiger partial charge is 0.306 e. The highest BCUT2D eigenvalue weighted by atomic mass is 31.2. The predicted octanol–water partition coefficient (Wildman–Crippen LogP) is 4.37. The predicted molar refractivity (Wildman–Crippen MR) is 102 cm³/mol. The van der Waals surface area contributed by atoms with E-state index in [0.717, 1.165) is 51.4 Å². The fraction of sp³-hybridized carbons (Fsp3) is 0.632. The normalized spacial score (nSPS) is 20.3. The van der Waals surface area contributed by atoms with E-state index in [1.54, 1.807) is 12.1 Å². The second-order valence-electron chi connectivity index (χ2n) is 7.34. The molecule has 0 bridgehead atoms. The molecule has 2 aliphatic rings. The summed E-state index contributed by atoms with van der Waals surface area (Å²) in [6.45, 7) is 0. The molecule has 3 rings (SSSR count). The molecule has 2 fully saturated rings. The van der Waals surface area contributed by atoms with E-state index in [4.69, 9.17) is 0 Å². The SMILES string of the molecule is O=C(NP(=O)(NC1CCCCC1)NC1CCCCC1)c1ccccc1. The zero-order valence-electron chi connectivity index (χ0n) is 14.9. The maximum absolute atomic E-state index is 13.6. The Labute approximate surface area is 150 Å². The summed E-state index contributed by atoms with van der Waals surface area (Å²) in [5.74, 6) is -0.282. The van der Waals surface area contributed by atoms with Crippen molar-refractivity contribution >= 4 is 13.5 Å². The van der Waals surface area contributed by atoms with Crippen LogP contribution in [-0.4, -0.2) is 18.0 Å². The highest BCUT2D eigenvalue weighted by Gasteiger charge is 2.32. The van der Waals surface area contributed by atoms with Crippen molar-refractivity contribution in [3.05, 3.63) is 35.9 Å². The van der Waals surface area contributed by atoms with E-state index in [1.165, 1.54) is 12.8 Å². The molecule has 0 aliphatic heterocycles. The van der Waals surface area contributed by atoms with Crippen LogP contribution in [0.15, 0.2) is 30.3 Å². The number of hydrogen-bond acceptors (Lipinski definition) is 2. The quantitative estimate of drug-likeness (QED) is 0.657. The van der Waals surface area contributed by atoms with Crippen molar-refractivity contribution < 1.29 is 9.36 Å². The lowest BCUT2D eigenvalue weighted by Gasteiger charge is -2.33. The highest BCUT2D eigenvalue weighted by molar-refractivity contribution is 7.58. The number of benzene rings is 1. The van der Waals surface area contributed by atoms with E-state index in [9.17, 15) is 9.36 Å². The molecule has 2 saturated carbocycles. The van der Waals surface area contributed by atoms with Gasteiger partial charge in [0.2, 0.25) is 0 Å². The lowest BCUT2D eigenvalue weighted by atomic mass is 9.96. The van der Waals surface area contributed by atoms with Gasteiger partial charge in [-0.2, -0.15) is 0 Å². The van der Waals surface area contributed by atoms with Gasteiger partial charge in [-0.1, -0.05) is 56.7 Å². The molecule has 2 aliphatic carbocycles. The second kappa shape index (κ2) is 8.98. The van der Waals surface area contributed by atoms with Crippen molar-refractivity contribution in [2.45, 2.75) is 76.3 Å². The number of carbonyl (C=O) groups excluding carboxylic acids is 1. The Balaban J connectivity index is 1.70. The van der Waals surface area contributed by atoms with Gasteiger partial charge in [-0.25, -0.2) is 10.2 Å². The minimum absolute atomic E-state index is 0.215. The van der Waals surface area contributed by atoms with Gasteiger partial charge in [0.15, 0.2) is 0 Å². The van der Waals surface area contributed by atoms with E-state index in [1.807, 2.05) is 18.2 Å². The van der Waals surface area contributed by atoms with Crippen molar-refractivity contribution in [2.75, 3.05) is 0 Å². The molecule has 0 radical (unpaired) electrons. The zero-order chi connectivity index (χ0) is 17.5. The van der Waals surface area contributed by atoms with Gasteiger partial charge < -0.3 is 0 Å². The molecule has 6 heteroatoms. The van der Waals surface area contributed by atoms with Crippen molar-refractivity contribution in [1.29, 1.82) is 0 Å². The lowest BCUT2D eigenvalue weighted by Crippen LogP contribution is -2.44. The van der Waals surface area contributed by atoms with Crippen LogP contribution in [0.5, 0.6) is 0 Å². The average Bonchev–Trinajstić information content (AvgIpc) is 2.64. The minimum atomic E-state index is -3.18. The molecule has 1 aromatic carbocycles. The number of rotatable bonds is 6. The Morgan fingerprint density at radius 2 is 1.28 bits per heavy atom. The Morgan fingerprint density at radius 3 is 1.76 bits per heavy atom. The third-order valence-electron chi connectivity index (χ3n) is 5.23. The Morgan fingerprint density at radius 1 is 0.800 bits per heavy atom. The minimum Gasteiger partial charge on any atom is -0.279 e. The first kappa shape index (κ1) is 18.6. The fourth-order valence-corrected chi connectivity index (χ4v) is 6.04. The summed E-state index contributed by atoms with van der Waals surface area (Å²) >= 11 is 0. The maximum Gasteiger partial charge on any atom is 0.306 e. The summed E-state index contributed by atoms with van der Waals surface area (Å²) in [6.07, 6.45) is 11.2. The average molecular weight is 363 g/mol. The van der Waals surface area contributed by atoms with Crippen LogP contribution >= 0.6 is 7.59 Å². The summed E-state index contributed by atoms with van der Waals surface area (Å²) in [4.78, 5) is 12.6. The molecule has 3 N–H and O–H groups in total. The van der Waals surface area contributed by atoms with Gasteiger partial charge in [0.25, 0.3) is 5.91 Å². The van der Waals surface area contributed by atoms with E-state index < -0.39 is 7.59 Å². The number of carbonyl (C=O) groups is 1. The van der Waals surface area contributed by atoms with Crippen LogP contribution in [0.2, 0.25) is 0 Å². The van der Waals surface area contributed by atoms with E-state index >= 15 is 0 Å². The van der Waals surface area contributed by atoms with Gasteiger partial charge in [0.1, 0.15) is 0 Å². The third-order valence-corrected chi connectivity index (χ3v) is 7.21. The van der Waals surface area contributed by atoms with Gasteiger partial charge in [-0.3, -0.25) is 14.4 Å². The van der Waals surface area contributed by atoms with Gasteiger partial charge in [0, 0.05) is 17.6 Å². The fourth-order valence-electron chi connectivity index (χ4n) is 3.88. The monoisotopic (exact) mass is 363 g/mol. The molecule has 0 heterocycles. The first-order chi connectivity index (χ1) is 12.1. The summed E-state index contributed by atoms with van der Waals surface area (Å²) in [5.41, 5.74) is 0.540. The number of nitrogens with one attached hydrogen (secondary N) is 3. The Kier molecular flexibility index (Phi) is 6.69. The number of hydrogen-bond donors (Lipinski definition) is 3. The van der Waals surface area contributed by atoms with Crippen LogP contribution in [0, 0.1) is 0 Å². The molecule has 25 heavy (non-hydrogen) atoms.